The van der Waals surface area contributed by atoms with E-state index in [9.17, 15) is 0 Å². The molecule has 2 aliphatic rings. The first-order valence-corrected chi connectivity index (χ1v) is 7.50. The largest absolute Gasteiger partial charge is 0.297 e. The molecule has 0 N–H and O–H groups in total. The summed E-state index contributed by atoms with van der Waals surface area (Å²) in [5.41, 5.74) is 0. The zero-order valence-electron chi connectivity index (χ0n) is 8.21. The monoisotopic (exact) mass is 263 g/mol. The number of hydrogen-bond donors (Lipinski definition) is 0. The quantitative estimate of drug-likeness (QED) is 0.705. The van der Waals surface area contributed by atoms with E-state index in [1.807, 2.05) is 0 Å². The van der Waals surface area contributed by atoms with Crippen molar-refractivity contribution in [1.82, 2.24) is 4.90 Å². The zero-order chi connectivity index (χ0) is 9.26. The Balaban J connectivity index is 1.93. The van der Waals surface area contributed by atoms with Crippen LogP contribution in [-0.4, -0.2) is 40.4 Å². The molecule has 2 aliphatic heterocycles. The Morgan fingerprint density at radius 3 is 2.85 bits per heavy atom. The van der Waals surface area contributed by atoms with Crippen molar-refractivity contribution in [2.24, 2.45) is 5.92 Å². The number of thioether (sulfide) groups is 1. The standard InChI is InChI=1S/C10H18BrNS/c1-8-9(6-11)2-4-12(8)10-3-5-13-7-10/h8-10H,2-7H2,1H3. The lowest BCUT2D eigenvalue weighted by molar-refractivity contribution is 0.192. The first kappa shape index (κ1) is 10.3. The molecule has 1 nitrogen and oxygen atoms in total. The Kier molecular flexibility index (Phi) is 3.60. The number of halogens is 1. The summed E-state index contributed by atoms with van der Waals surface area (Å²) in [6, 6.07) is 1.70. The van der Waals surface area contributed by atoms with Crippen LogP contribution >= 0.6 is 27.7 Å². The Bertz CT molecular complexity index is 170. The molecule has 2 saturated heterocycles. The summed E-state index contributed by atoms with van der Waals surface area (Å²) in [7, 11) is 0. The van der Waals surface area contributed by atoms with Gasteiger partial charge in [0.05, 0.1) is 0 Å². The minimum atomic E-state index is 0.808. The highest BCUT2D eigenvalue weighted by Gasteiger charge is 2.35. The van der Waals surface area contributed by atoms with E-state index in [1.165, 1.54) is 36.2 Å². The van der Waals surface area contributed by atoms with Crippen LogP contribution in [0.3, 0.4) is 0 Å². The molecule has 0 saturated carbocycles. The maximum Gasteiger partial charge on any atom is 0.0197 e. The maximum absolute atomic E-state index is 3.62. The summed E-state index contributed by atoms with van der Waals surface area (Å²) in [5.74, 6) is 3.65. The molecule has 0 spiro atoms. The van der Waals surface area contributed by atoms with Gasteiger partial charge >= 0.3 is 0 Å². The Hall–Kier alpha value is 0.790. The lowest BCUT2D eigenvalue weighted by Gasteiger charge is -2.29. The molecule has 0 aliphatic carbocycles. The molecule has 3 unspecified atom stereocenters. The molecule has 0 radical (unpaired) electrons. The molecular formula is C10H18BrNS. The van der Waals surface area contributed by atoms with Crippen molar-refractivity contribution in [2.75, 3.05) is 23.4 Å². The van der Waals surface area contributed by atoms with E-state index in [2.05, 4.69) is 39.5 Å². The number of likely N-dealkylation sites (tertiary alicyclic amines) is 1. The predicted molar refractivity (Wildman–Crippen MR) is 63.8 cm³/mol. The van der Waals surface area contributed by atoms with Gasteiger partial charge in [0, 0.05) is 23.2 Å². The Morgan fingerprint density at radius 2 is 2.31 bits per heavy atom. The van der Waals surface area contributed by atoms with Gasteiger partial charge in [-0.1, -0.05) is 15.9 Å². The van der Waals surface area contributed by atoms with E-state index in [4.69, 9.17) is 0 Å². The molecule has 3 heteroatoms. The summed E-state index contributed by atoms with van der Waals surface area (Å²) in [6.45, 7) is 3.74. The second kappa shape index (κ2) is 4.54. The lowest BCUT2D eigenvalue weighted by Crippen LogP contribution is -2.39. The van der Waals surface area contributed by atoms with Crippen molar-refractivity contribution in [3.8, 4) is 0 Å². The van der Waals surface area contributed by atoms with Gasteiger partial charge in [-0.3, -0.25) is 4.90 Å². The highest BCUT2D eigenvalue weighted by molar-refractivity contribution is 9.09. The van der Waals surface area contributed by atoms with E-state index in [-0.39, 0.29) is 0 Å². The minimum absolute atomic E-state index is 0.808. The number of alkyl halides is 1. The smallest absolute Gasteiger partial charge is 0.0197 e. The number of rotatable bonds is 2. The summed E-state index contributed by atoms with van der Waals surface area (Å²) in [6.07, 6.45) is 2.82. The molecule has 13 heavy (non-hydrogen) atoms. The molecule has 0 aromatic rings. The molecule has 0 amide bonds. The highest BCUT2D eigenvalue weighted by Crippen LogP contribution is 2.32. The summed E-state index contributed by atoms with van der Waals surface area (Å²) in [4.78, 5) is 2.74. The number of nitrogens with zero attached hydrogens (tertiary/aromatic N) is 1. The first-order chi connectivity index (χ1) is 6.33. The average molecular weight is 264 g/mol. The van der Waals surface area contributed by atoms with Gasteiger partial charge in [-0.25, -0.2) is 0 Å². The SMILES string of the molecule is CC1C(CBr)CCN1C1CCSC1. The molecule has 2 heterocycles. The van der Waals surface area contributed by atoms with Gasteiger partial charge in [-0.05, 0) is 38.0 Å². The third-order valence-electron chi connectivity index (χ3n) is 3.54. The third-order valence-corrected chi connectivity index (χ3v) is 5.51. The fourth-order valence-electron chi connectivity index (χ4n) is 2.54. The highest BCUT2D eigenvalue weighted by atomic mass is 79.9. The van der Waals surface area contributed by atoms with E-state index in [0.717, 1.165) is 18.0 Å². The van der Waals surface area contributed by atoms with Crippen molar-refractivity contribution in [3.63, 3.8) is 0 Å². The molecule has 0 bridgehead atoms. The van der Waals surface area contributed by atoms with Gasteiger partial charge in [0.15, 0.2) is 0 Å². The molecule has 2 fully saturated rings. The van der Waals surface area contributed by atoms with Crippen LogP contribution in [0.15, 0.2) is 0 Å². The second-order valence-corrected chi connectivity index (χ2v) is 6.00. The Labute approximate surface area is 93.8 Å². The van der Waals surface area contributed by atoms with Crippen LogP contribution in [0.2, 0.25) is 0 Å². The van der Waals surface area contributed by atoms with Crippen LogP contribution < -0.4 is 0 Å². The molecule has 0 aromatic carbocycles. The fourth-order valence-corrected chi connectivity index (χ4v) is 4.64. The maximum atomic E-state index is 3.62. The average Bonchev–Trinajstić information content (AvgIpc) is 2.72. The lowest BCUT2D eigenvalue weighted by atomic mass is 10.0. The van der Waals surface area contributed by atoms with Crippen molar-refractivity contribution in [1.29, 1.82) is 0 Å². The normalized spacial score (nSPS) is 41.5. The van der Waals surface area contributed by atoms with Crippen LogP contribution in [0.1, 0.15) is 19.8 Å². The minimum Gasteiger partial charge on any atom is -0.297 e. The van der Waals surface area contributed by atoms with E-state index < -0.39 is 0 Å². The summed E-state index contributed by atoms with van der Waals surface area (Å²) >= 11 is 5.75. The predicted octanol–water partition coefficient (Wildman–Crippen LogP) is 2.60. The van der Waals surface area contributed by atoms with Crippen LogP contribution in [0.5, 0.6) is 0 Å². The summed E-state index contributed by atoms with van der Waals surface area (Å²) < 4.78 is 0. The second-order valence-electron chi connectivity index (χ2n) is 4.20. The van der Waals surface area contributed by atoms with Gasteiger partial charge < -0.3 is 0 Å². The van der Waals surface area contributed by atoms with Gasteiger partial charge in [0.25, 0.3) is 0 Å². The van der Waals surface area contributed by atoms with Gasteiger partial charge in [-0.2, -0.15) is 11.8 Å². The molecule has 2 rings (SSSR count). The van der Waals surface area contributed by atoms with Gasteiger partial charge in [0.2, 0.25) is 0 Å². The molecule has 0 aromatic heterocycles. The number of hydrogen-bond acceptors (Lipinski definition) is 2. The van der Waals surface area contributed by atoms with Crippen LogP contribution in [-0.2, 0) is 0 Å². The van der Waals surface area contributed by atoms with E-state index in [0.29, 0.717) is 0 Å². The van der Waals surface area contributed by atoms with E-state index >= 15 is 0 Å². The van der Waals surface area contributed by atoms with Crippen LogP contribution in [0.4, 0.5) is 0 Å². The zero-order valence-corrected chi connectivity index (χ0v) is 10.6. The first-order valence-electron chi connectivity index (χ1n) is 5.22. The van der Waals surface area contributed by atoms with Crippen molar-refractivity contribution < 1.29 is 0 Å². The van der Waals surface area contributed by atoms with E-state index in [1.54, 1.807) is 0 Å². The molecule has 76 valence electrons. The molecule has 3 atom stereocenters. The van der Waals surface area contributed by atoms with Crippen LogP contribution in [0, 0.1) is 5.92 Å². The van der Waals surface area contributed by atoms with Crippen LogP contribution in [0.25, 0.3) is 0 Å². The topological polar surface area (TPSA) is 3.24 Å². The van der Waals surface area contributed by atoms with Crippen molar-refractivity contribution in [2.45, 2.75) is 31.8 Å². The van der Waals surface area contributed by atoms with Crippen molar-refractivity contribution >= 4 is 27.7 Å². The van der Waals surface area contributed by atoms with Crippen molar-refractivity contribution in [3.05, 3.63) is 0 Å². The fraction of sp³-hybridized carbons (Fsp3) is 1.00. The Morgan fingerprint density at radius 1 is 1.46 bits per heavy atom. The third kappa shape index (κ3) is 2.07. The molecular weight excluding hydrogens is 246 g/mol. The summed E-state index contributed by atoms with van der Waals surface area (Å²) in [5, 5.41) is 1.19. The van der Waals surface area contributed by atoms with Gasteiger partial charge in [0.1, 0.15) is 0 Å². The van der Waals surface area contributed by atoms with Gasteiger partial charge in [-0.15, -0.1) is 0 Å².